The van der Waals surface area contributed by atoms with Gasteiger partial charge in [0.25, 0.3) is 0 Å². The zero-order valence-corrected chi connectivity index (χ0v) is 12.1. The van der Waals surface area contributed by atoms with Gasteiger partial charge in [0.1, 0.15) is 17.9 Å². The predicted molar refractivity (Wildman–Crippen MR) is 60.1 cm³/mol. The highest BCUT2D eigenvalue weighted by molar-refractivity contribution is 7.22. The van der Waals surface area contributed by atoms with Gasteiger partial charge >= 0.3 is 0 Å². The van der Waals surface area contributed by atoms with E-state index in [9.17, 15) is 0 Å². The molecule has 0 atom stereocenters. The molecular formula is C6H18ClNSi3. The lowest BCUT2D eigenvalue weighted by atomic mass is 11.9. The molecule has 1 nitrogen and oxygen atoms in total. The Bertz CT molecular complexity index is 113. The van der Waals surface area contributed by atoms with Gasteiger partial charge in [-0.25, -0.2) is 0 Å². The van der Waals surface area contributed by atoms with Gasteiger partial charge in [-0.2, -0.15) is 0 Å². The van der Waals surface area contributed by atoms with Crippen LogP contribution in [-0.4, -0.2) is 29.4 Å². The maximum absolute atomic E-state index is 6.40. The predicted octanol–water partition coefficient (Wildman–Crippen LogP) is 2.73. The summed E-state index contributed by atoms with van der Waals surface area (Å²) in [5, 5.41) is 0. The highest BCUT2D eigenvalue weighted by atomic mass is 35.6. The Hall–Kier alpha value is 0.901. The van der Waals surface area contributed by atoms with E-state index in [4.69, 9.17) is 11.1 Å². The van der Waals surface area contributed by atoms with Gasteiger partial charge < -0.3 is 3.90 Å². The van der Waals surface area contributed by atoms with Crippen molar-refractivity contribution in [2.24, 2.45) is 0 Å². The zero-order valence-electron chi connectivity index (χ0n) is 8.33. The lowest BCUT2D eigenvalue weighted by molar-refractivity contribution is 0.989. The topological polar surface area (TPSA) is 3.24 Å². The van der Waals surface area contributed by atoms with Crippen LogP contribution in [0.3, 0.4) is 0 Å². The third-order valence-corrected chi connectivity index (χ3v) is 14.4. The Kier molecular flexibility index (Phi) is 4.57. The summed E-state index contributed by atoms with van der Waals surface area (Å²) in [4.78, 5) is 0. The van der Waals surface area contributed by atoms with Gasteiger partial charge in [-0.05, 0) is 13.1 Å². The quantitative estimate of drug-likeness (QED) is 0.526. The first kappa shape index (κ1) is 11.9. The van der Waals surface area contributed by atoms with Crippen LogP contribution in [0.25, 0.3) is 0 Å². The molecule has 0 amide bonds. The standard InChI is InChI=1S/C6H18ClNSi3/c1-9(2)8(10(3)4)11(5,6)7/h1-6H3. The van der Waals surface area contributed by atoms with Crippen LogP contribution < -0.4 is 0 Å². The van der Waals surface area contributed by atoms with E-state index in [1.165, 1.54) is 0 Å². The molecule has 0 aromatic rings. The fourth-order valence-electron chi connectivity index (χ4n) is 1.51. The first-order valence-electron chi connectivity index (χ1n) is 3.86. The van der Waals surface area contributed by atoms with Crippen LogP contribution in [0.1, 0.15) is 0 Å². The lowest BCUT2D eigenvalue weighted by Crippen LogP contribution is -2.56. The van der Waals surface area contributed by atoms with Crippen molar-refractivity contribution in [3.63, 3.8) is 0 Å². The van der Waals surface area contributed by atoms with Gasteiger partial charge in [-0.15, -0.1) is 11.1 Å². The Labute approximate surface area is 79.9 Å². The summed E-state index contributed by atoms with van der Waals surface area (Å²) in [6, 6.07) is 0. The number of hydrogen-bond acceptors (Lipinski definition) is 1. The van der Waals surface area contributed by atoms with E-state index in [0.717, 1.165) is 0 Å². The van der Waals surface area contributed by atoms with Crippen LogP contribution in [0.15, 0.2) is 0 Å². The van der Waals surface area contributed by atoms with Crippen LogP contribution >= 0.6 is 11.1 Å². The number of halogens is 1. The van der Waals surface area contributed by atoms with E-state index in [0.29, 0.717) is 0 Å². The fourth-order valence-corrected chi connectivity index (χ4v) is 16.6. The average Bonchev–Trinajstić information content (AvgIpc) is 1.54. The van der Waals surface area contributed by atoms with Crippen LogP contribution in [0.2, 0.25) is 39.3 Å². The zero-order chi connectivity index (χ0) is 9.23. The maximum Gasteiger partial charge on any atom is 0.210 e. The van der Waals surface area contributed by atoms with Gasteiger partial charge in [-0.1, -0.05) is 26.2 Å². The van der Waals surface area contributed by atoms with E-state index in [-0.39, 0.29) is 17.9 Å². The summed E-state index contributed by atoms with van der Waals surface area (Å²) in [7, 11) is -2.16. The molecule has 5 heteroatoms. The lowest BCUT2D eigenvalue weighted by Gasteiger charge is -2.37. The largest absolute Gasteiger partial charge is 0.358 e. The van der Waals surface area contributed by atoms with Crippen molar-refractivity contribution < 1.29 is 0 Å². The molecule has 2 radical (unpaired) electrons. The molecule has 0 unspecified atom stereocenters. The molecule has 0 saturated carbocycles. The molecule has 0 N–H and O–H groups in total. The summed E-state index contributed by atoms with van der Waals surface area (Å²) in [5.41, 5.74) is 0. The molecule has 0 heterocycles. The average molecular weight is 224 g/mol. The SMILES string of the molecule is C[Si](C)N([Si](C)C)[Si](C)(C)Cl. The third kappa shape index (κ3) is 3.89. The first-order chi connectivity index (χ1) is 4.76. The van der Waals surface area contributed by atoms with Gasteiger partial charge in [0, 0.05) is 0 Å². The Morgan fingerprint density at radius 3 is 1.27 bits per heavy atom. The monoisotopic (exact) mass is 223 g/mol. The molecule has 0 rings (SSSR count). The van der Waals surface area contributed by atoms with E-state index in [1.807, 2.05) is 0 Å². The molecule has 0 saturated heterocycles. The van der Waals surface area contributed by atoms with E-state index < -0.39 is 7.55 Å². The Morgan fingerprint density at radius 1 is 1.00 bits per heavy atom. The second kappa shape index (κ2) is 4.23. The fraction of sp³-hybridized carbons (Fsp3) is 1.00. The minimum Gasteiger partial charge on any atom is -0.358 e. The second-order valence-corrected chi connectivity index (χ2v) is 15.7. The summed E-state index contributed by atoms with van der Waals surface area (Å²) in [6.45, 7) is 13.8. The van der Waals surface area contributed by atoms with Gasteiger partial charge in [0.2, 0.25) is 7.55 Å². The molecule has 0 aromatic heterocycles. The minimum atomic E-state index is -1.52. The summed E-state index contributed by atoms with van der Waals surface area (Å²) < 4.78 is 2.63. The molecule has 0 aromatic carbocycles. The number of hydrogen-bond donors (Lipinski definition) is 0. The summed E-state index contributed by atoms with van der Waals surface area (Å²) in [6.07, 6.45) is 0. The number of rotatable bonds is 3. The normalized spacial score (nSPS) is 13.6. The highest BCUT2D eigenvalue weighted by Crippen LogP contribution is 2.17. The third-order valence-electron chi connectivity index (χ3n) is 1.43. The summed E-state index contributed by atoms with van der Waals surface area (Å²) in [5.74, 6) is 0. The van der Waals surface area contributed by atoms with Crippen molar-refractivity contribution in [1.82, 2.24) is 3.90 Å². The molecule has 66 valence electrons. The maximum atomic E-state index is 6.40. The van der Waals surface area contributed by atoms with Gasteiger partial charge in [-0.3, -0.25) is 0 Å². The Morgan fingerprint density at radius 2 is 1.27 bits per heavy atom. The molecule has 0 fully saturated rings. The van der Waals surface area contributed by atoms with Crippen molar-refractivity contribution in [3.8, 4) is 0 Å². The van der Waals surface area contributed by atoms with Crippen LogP contribution in [0, 0.1) is 0 Å². The molecule has 0 bridgehead atoms. The Balaban J connectivity index is 4.35. The summed E-state index contributed by atoms with van der Waals surface area (Å²) >= 11 is 6.40. The molecule has 0 aliphatic rings. The second-order valence-electron chi connectivity index (χ2n) is 3.64. The van der Waals surface area contributed by atoms with Gasteiger partial charge in [0.05, 0.1) is 0 Å². The number of nitrogens with zero attached hydrogens (tertiary/aromatic N) is 1. The van der Waals surface area contributed by atoms with Gasteiger partial charge in [0.15, 0.2) is 0 Å². The van der Waals surface area contributed by atoms with Crippen molar-refractivity contribution in [3.05, 3.63) is 0 Å². The molecular weight excluding hydrogens is 206 g/mol. The van der Waals surface area contributed by atoms with E-state index in [1.54, 1.807) is 0 Å². The van der Waals surface area contributed by atoms with E-state index in [2.05, 4.69) is 43.2 Å². The minimum absolute atomic E-state index is 0.322. The smallest absolute Gasteiger partial charge is 0.210 e. The molecule has 0 spiro atoms. The van der Waals surface area contributed by atoms with Crippen LogP contribution in [0.5, 0.6) is 0 Å². The highest BCUT2D eigenvalue weighted by Gasteiger charge is 2.32. The van der Waals surface area contributed by atoms with Crippen molar-refractivity contribution in [2.75, 3.05) is 0 Å². The van der Waals surface area contributed by atoms with E-state index >= 15 is 0 Å². The van der Waals surface area contributed by atoms with Crippen LogP contribution in [0.4, 0.5) is 0 Å². The van der Waals surface area contributed by atoms with Crippen LogP contribution in [-0.2, 0) is 0 Å². The molecule has 0 aliphatic carbocycles. The first-order valence-corrected chi connectivity index (χ1v) is 12.7. The van der Waals surface area contributed by atoms with Crippen molar-refractivity contribution in [2.45, 2.75) is 39.3 Å². The van der Waals surface area contributed by atoms with Crippen molar-refractivity contribution >= 4 is 36.5 Å². The molecule has 11 heavy (non-hydrogen) atoms. The van der Waals surface area contributed by atoms with Crippen molar-refractivity contribution in [1.29, 1.82) is 0 Å². The molecule has 0 aliphatic heterocycles.